The van der Waals surface area contributed by atoms with Crippen LogP contribution in [0, 0.1) is 0 Å². The normalized spacial score (nSPS) is 18.3. The van der Waals surface area contributed by atoms with Crippen LogP contribution in [0.15, 0.2) is 18.2 Å². The summed E-state index contributed by atoms with van der Waals surface area (Å²) in [6, 6.07) is 5.04. The van der Waals surface area contributed by atoms with Gasteiger partial charge in [-0.25, -0.2) is 0 Å². The maximum Gasteiger partial charge on any atom is 0.298 e. The second kappa shape index (κ2) is 4.51. The lowest BCUT2D eigenvalue weighted by Crippen LogP contribution is -2.05. The predicted molar refractivity (Wildman–Crippen MR) is 53.4 cm³/mol. The lowest BCUT2D eigenvalue weighted by Gasteiger charge is -2.09. The molecular formula is C10H9ClO4. The average Bonchev–Trinajstić information content (AvgIpc) is 3.03. The van der Waals surface area contributed by atoms with Crippen molar-refractivity contribution in [3.8, 4) is 11.5 Å². The molecule has 0 radical (unpaired) electrons. The smallest absolute Gasteiger partial charge is 0.298 e. The van der Waals surface area contributed by atoms with Crippen LogP contribution in [0.4, 0.5) is 0 Å². The molecule has 1 heterocycles. The molecule has 1 saturated heterocycles. The van der Waals surface area contributed by atoms with Crippen LogP contribution < -0.4 is 9.47 Å². The highest BCUT2D eigenvalue weighted by Gasteiger charge is 2.24. The van der Waals surface area contributed by atoms with Gasteiger partial charge in [-0.3, -0.25) is 4.79 Å². The van der Waals surface area contributed by atoms with Gasteiger partial charge in [0.2, 0.25) is 0 Å². The molecule has 0 spiro atoms. The van der Waals surface area contributed by atoms with Crippen LogP contribution in [0.2, 0.25) is 5.02 Å². The first-order valence-electron chi connectivity index (χ1n) is 4.44. The third-order valence-corrected chi connectivity index (χ3v) is 2.22. The van der Waals surface area contributed by atoms with Gasteiger partial charge >= 0.3 is 0 Å². The number of halogens is 1. The fraction of sp³-hybridized carbons (Fsp3) is 0.300. The van der Waals surface area contributed by atoms with Gasteiger partial charge in [0.05, 0.1) is 11.6 Å². The predicted octanol–water partition coefficient (Wildman–Crippen LogP) is 1.65. The van der Waals surface area contributed by atoms with E-state index >= 15 is 0 Å². The summed E-state index contributed by atoms with van der Waals surface area (Å²) in [5.41, 5.74) is 0. The van der Waals surface area contributed by atoms with E-state index < -0.39 is 0 Å². The molecule has 0 saturated carbocycles. The van der Waals surface area contributed by atoms with Gasteiger partial charge in [0.15, 0.2) is 11.5 Å². The Morgan fingerprint density at radius 2 is 2.40 bits per heavy atom. The van der Waals surface area contributed by atoms with Crippen molar-refractivity contribution in [2.24, 2.45) is 0 Å². The lowest BCUT2D eigenvalue weighted by atomic mass is 10.3. The van der Waals surface area contributed by atoms with Crippen LogP contribution in [0.1, 0.15) is 0 Å². The zero-order valence-corrected chi connectivity index (χ0v) is 8.57. The molecule has 5 heteroatoms. The van der Waals surface area contributed by atoms with Crippen molar-refractivity contribution in [2.75, 3.05) is 13.2 Å². The fourth-order valence-corrected chi connectivity index (χ4v) is 1.32. The van der Waals surface area contributed by atoms with Crippen molar-refractivity contribution in [1.29, 1.82) is 0 Å². The Morgan fingerprint density at radius 3 is 3.07 bits per heavy atom. The second-order valence-electron chi connectivity index (χ2n) is 3.05. The van der Waals surface area contributed by atoms with Gasteiger partial charge in [0, 0.05) is 0 Å². The molecule has 1 aliphatic heterocycles. The van der Waals surface area contributed by atoms with E-state index in [-0.39, 0.29) is 11.9 Å². The van der Waals surface area contributed by atoms with Crippen LogP contribution >= 0.6 is 11.6 Å². The first kappa shape index (κ1) is 10.3. The molecule has 0 N–H and O–H groups in total. The van der Waals surface area contributed by atoms with E-state index in [0.29, 0.717) is 30.5 Å². The highest BCUT2D eigenvalue weighted by atomic mass is 35.5. The number of epoxide rings is 1. The number of carbonyl (C=O) groups excluding carboxylic acids is 1. The molecule has 15 heavy (non-hydrogen) atoms. The maximum absolute atomic E-state index is 10.3. The van der Waals surface area contributed by atoms with Gasteiger partial charge in [0.1, 0.15) is 12.7 Å². The van der Waals surface area contributed by atoms with Crippen molar-refractivity contribution in [3.05, 3.63) is 23.2 Å². The number of carbonyl (C=O) groups is 1. The Bertz CT molecular complexity index is 362. The number of hydrogen-bond donors (Lipinski definition) is 0. The lowest BCUT2D eigenvalue weighted by molar-refractivity contribution is -0.120. The Labute approximate surface area is 91.7 Å². The van der Waals surface area contributed by atoms with Gasteiger partial charge in [-0.2, -0.15) is 0 Å². The van der Waals surface area contributed by atoms with E-state index in [1.807, 2.05) is 0 Å². The maximum atomic E-state index is 10.3. The molecule has 1 fully saturated rings. The Morgan fingerprint density at radius 1 is 1.60 bits per heavy atom. The first-order valence-corrected chi connectivity index (χ1v) is 4.82. The molecule has 1 aromatic carbocycles. The molecule has 0 unspecified atom stereocenters. The minimum Gasteiger partial charge on any atom is -0.487 e. The number of rotatable bonds is 5. The third-order valence-electron chi connectivity index (χ3n) is 1.92. The zero-order valence-electron chi connectivity index (χ0n) is 7.81. The van der Waals surface area contributed by atoms with Gasteiger partial charge < -0.3 is 14.2 Å². The molecule has 2 rings (SSSR count). The molecule has 0 aliphatic carbocycles. The fourth-order valence-electron chi connectivity index (χ4n) is 1.11. The van der Waals surface area contributed by atoms with Crippen molar-refractivity contribution in [3.63, 3.8) is 0 Å². The van der Waals surface area contributed by atoms with Crippen LogP contribution in [0.5, 0.6) is 11.5 Å². The molecule has 1 aliphatic rings. The molecule has 0 amide bonds. The van der Waals surface area contributed by atoms with Gasteiger partial charge in [0.25, 0.3) is 6.47 Å². The number of para-hydroxylation sites is 1. The summed E-state index contributed by atoms with van der Waals surface area (Å²) >= 11 is 5.84. The Balaban J connectivity index is 2.11. The van der Waals surface area contributed by atoms with E-state index in [1.165, 1.54) is 0 Å². The zero-order chi connectivity index (χ0) is 10.7. The van der Waals surface area contributed by atoms with Crippen molar-refractivity contribution < 1.29 is 19.0 Å². The van der Waals surface area contributed by atoms with Crippen LogP contribution in [0.25, 0.3) is 0 Å². The highest BCUT2D eigenvalue weighted by Crippen LogP contribution is 2.34. The van der Waals surface area contributed by atoms with Crippen molar-refractivity contribution in [2.45, 2.75) is 6.10 Å². The van der Waals surface area contributed by atoms with E-state index in [9.17, 15) is 4.79 Å². The molecule has 1 atom stereocenters. The van der Waals surface area contributed by atoms with Crippen molar-refractivity contribution in [1.82, 2.24) is 0 Å². The van der Waals surface area contributed by atoms with Crippen molar-refractivity contribution >= 4 is 18.1 Å². The molecule has 4 nitrogen and oxygen atoms in total. The van der Waals surface area contributed by atoms with E-state index in [1.54, 1.807) is 18.2 Å². The molecular weight excluding hydrogens is 220 g/mol. The van der Waals surface area contributed by atoms with Crippen LogP contribution in [-0.4, -0.2) is 25.8 Å². The minimum atomic E-state index is 0.146. The molecule has 80 valence electrons. The minimum absolute atomic E-state index is 0.146. The average molecular weight is 229 g/mol. The topological polar surface area (TPSA) is 48.1 Å². The van der Waals surface area contributed by atoms with E-state index in [4.69, 9.17) is 25.8 Å². The highest BCUT2D eigenvalue weighted by molar-refractivity contribution is 6.32. The van der Waals surface area contributed by atoms with E-state index in [2.05, 4.69) is 0 Å². The summed E-state index contributed by atoms with van der Waals surface area (Å²) < 4.78 is 15.1. The quantitative estimate of drug-likeness (QED) is 0.568. The first-order chi connectivity index (χ1) is 7.31. The second-order valence-corrected chi connectivity index (χ2v) is 3.45. The molecule has 0 aromatic heterocycles. The standard InChI is InChI=1S/C10H9ClO4/c11-8-2-1-3-9(10(8)15-6-12)14-5-7-4-13-7/h1-3,6-7H,4-5H2/t7-/m1/s1. The number of ether oxygens (including phenoxy) is 3. The Kier molecular flexibility index (Phi) is 3.08. The number of hydrogen-bond acceptors (Lipinski definition) is 4. The van der Waals surface area contributed by atoms with Gasteiger partial charge in [-0.05, 0) is 12.1 Å². The van der Waals surface area contributed by atoms with Crippen LogP contribution in [-0.2, 0) is 9.53 Å². The largest absolute Gasteiger partial charge is 0.487 e. The summed E-state index contributed by atoms with van der Waals surface area (Å²) in [6.07, 6.45) is 0.146. The monoisotopic (exact) mass is 228 g/mol. The summed E-state index contributed by atoms with van der Waals surface area (Å²) in [7, 11) is 0. The summed E-state index contributed by atoms with van der Waals surface area (Å²) in [4.78, 5) is 10.3. The van der Waals surface area contributed by atoms with Gasteiger partial charge in [-0.1, -0.05) is 17.7 Å². The van der Waals surface area contributed by atoms with Crippen LogP contribution in [0.3, 0.4) is 0 Å². The summed E-state index contributed by atoms with van der Waals surface area (Å²) in [5.74, 6) is 0.694. The number of benzene rings is 1. The van der Waals surface area contributed by atoms with Gasteiger partial charge in [-0.15, -0.1) is 0 Å². The SMILES string of the molecule is O=COc1c(Cl)cccc1OC[C@H]1CO1. The molecule has 0 bridgehead atoms. The summed E-state index contributed by atoms with van der Waals surface area (Å²) in [5, 5.41) is 0.344. The summed E-state index contributed by atoms with van der Waals surface area (Å²) in [6.45, 7) is 1.47. The third kappa shape index (κ3) is 2.61. The molecule has 1 aromatic rings. The Hall–Kier alpha value is -1.26. The van der Waals surface area contributed by atoms with E-state index in [0.717, 1.165) is 0 Å².